The van der Waals surface area contributed by atoms with Crippen LogP contribution >= 0.6 is 11.6 Å². The van der Waals surface area contributed by atoms with Crippen molar-refractivity contribution in [1.82, 2.24) is 15.1 Å². The third-order valence-corrected chi connectivity index (χ3v) is 8.05. The van der Waals surface area contributed by atoms with Gasteiger partial charge in [0.25, 0.3) is 15.9 Å². The van der Waals surface area contributed by atoms with Crippen LogP contribution in [0, 0.1) is 0 Å². The molecule has 0 fully saturated rings. The molecule has 1 aliphatic rings. The number of alkyl halides is 3. The van der Waals surface area contributed by atoms with Crippen molar-refractivity contribution in [1.29, 1.82) is 0 Å². The van der Waals surface area contributed by atoms with Crippen molar-refractivity contribution in [2.24, 2.45) is 0 Å². The van der Waals surface area contributed by atoms with Gasteiger partial charge in [-0.15, -0.1) is 0 Å². The highest BCUT2D eigenvalue weighted by Crippen LogP contribution is 2.41. The second-order valence-corrected chi connectivity index (χ2v) is 10.9. The van der Waals surface area contributed by atoms with E-state index in [-0.39, 0.29) is 53.3 Å². The van der Waals surface area contributed by atoms with Crippen molar-refractivity contribution >= 4 is 33.3 Å². The van der Waals surface area contributed by atoms with Crippen LogP contribution in [0.4, 0.5) is 18.9 Å². The van der Waals surface area contributed by atoms with E-state index in [1.807, 2.05) is 0 Å². The van der Waals surface area contributed by atoms with Gasteiger partial charge in [0.1, 0.15) is 17.5 Å². The summed E-state index contributed by atoms with van der Waals surface area (Å²) < 4.78 is 79.5. The van der Waals surface area contributed by atoms with E-state index >= 15 is 0 Å². The minimum Gasteiger partial charge on any atom is -0.486 e. The molecule has 0 aliphatic carbocycles. The molecule has 0 radical (unpaired) electrons. The second-order valence-electron chi connectivity index (χ2n) is 8.67. The SMILES string of the molecule is O=C(O)CC[C@H]1CN(S(=O)(=O)c2cccc(C(F)(F)F)c2)c2cc(-c3noc(-c4ncccc4Cl)n3)ccc2O1. The van der Waals surface area contributed by atoms with Crippen molar-refractivity contribution in [3.8, 4) is 28.7 Å². The van der Waals surface area contributed by atoms with Crippen molar-refractivity contribution in [3.05, 3.63) is 71.4 Å². The molecule has 1 aliphatic heterocycles. The fourth-order valence-corrected chi connectivity index (χ4v) is 5.80. The summed E-state index contributed by atoms with van der Waals surface area (Å²) in [5, 5.41) is 13.3. The molecule has 208 valence electrons. The third-order valence-electron chi connectivity index (χ3n) is 5.97. The minimum absolute atomic E-state index is 0.00343. The quantitative estimate of drug-likeness (QED) is 0.302. The number of halogens is 4. The van der Waals surface area contributed by atoms with Crippen LogP contribution in [0.3, 0.4) is 0 Å². The van der Waals surface area contributed by atoms with Crippen LogP contribution < -0.4 is 9.04 Å². The Bertz CT molecular complexity index is 1700. The monoisotopic (exact) mass is 594 g/mol. The molecule has 0 spiro atoms. The number of aromatic nitrogens is 3. The molecule has 0 bridgehead atoms. The van der Waals surface area contributed by atoms with E-state index in [4.69, 9.17) is 26.0 Å². The molecule has 2 aromatic heterocycles. The van der Waals surface area contributed by atoms with E-state index in [1.165, 1.54) is 24.4 Å². The van der Waals surface area contributed by atoms with Gasteiger partial charge in [-0.1, -0.05) is 22.8 Å². The molecule has 10 nitrogen and oxygen atoms in total. The maximum atomic E-state index is 13.7. The molecular weight excluding hydrogens is 577 g/mol. The third kappa shape index (κ3) is 5.45. The van der Waals surface area contributed by atoms with Crippen LogP contribution in [0.5, 0.6) is 5.75 Å². The summed E-state index contributed by atoms with van der Waals surface area (Å²) in [4.78, 5) is 18.9. The maximum Gasteiger partial charge on any atom is 0.416 e. The van der Waals surface area contributed by atoms with Gasteiger partial charge >= 0.3 is 12.1 Å². The van der Waals surface area contributed by atoms with Gasteiger partial charge in [-0.2, -0.15) is 18.2 Å². The molecule has 15 heteroatoms. The van der Waals surface area contributed by atoms with Crippen molar-refractivity contribution in [3.63, 3.8) is 0 Å². The number of rotatable bonds is 7. The van der Waals surface area contributed by atoms with E-state index in [0.717, 1.165) is 22.5 Å². The van der Waals surface area contributed by atoms with Gasteiger partial charge in [0.2, 0.25) is 5.82 Å². The summed E-state index contributed by atoms with van der Waals surface area (Å²) in [6, 6.07) is 10.9. The molecule has 1 atom stereocenters. The number of benzene rings is 2. The summed E-state index contributed by atoms with van der Waals surface area (Å²) in [5.41, 5.74) is -0.591. The molecule has 3 heterocycles. The Labute approximate surface area is 230 Å². The van der Waals surface area contributed by atoms with Gasteiger partial charge < -0.3 is 14.4 Å². The van der Waals surface area contributed by atoms with Gasteiger partial charge in [0.15, 0.2) is 0 Å². The number of sulfonamides is 1. The topological polar surface area (TPSA) is 136 Å². The average molecular weight is 595 g/mol. The molecule has 0 unspecified atom stereocenters. The van der Waals surface area contributed by atoms with Gasteiger partial charge in [-0.25, -0.2) is 13.4 Å². The van der Waals surface area contributed by atoms with Crippen LogP contribution in [-0.4, -0.2) is 47.3 Å². The molecular formula is C25H18ClF3N4O6S. The van der Waals surface area contributed by atoms with Crippen LogP contribution in [0.25, 0.3) is 23.0 Å². The van der Waals surface area contributed by atoms with E-state index in [2.05, 4.69) is 15.1 Å². The first-order chi connectivity index (χ1) is 18.9. The first kappa shape index (κ1) is 27.4. The zero-order valence-corrected chi connectivity index (χ0v) is 21.7. The molecule has 0 saturated carbocycles. The number of carbonyl (C=O) groups is 1. The zero-order valence-electron chi connectivity index (χ0n) is 20.2. The van der Waals surface area contributed by atoms with Crippen LogP contribution in [0.2, 0.25) is 5.02 Å². The molecule has 40 heavy (non-hydrogen) atoms. The lowest BCUT2D eigenvalue weighted by Crippen LogP contribution is -2.43. The lowest BCUT2D eigenvalue weighted by atomic mass is 10.1. The lowest BCUT2D eigenvalue weighted by Gasteiger charge is -2.35. The summed E-state index contributed by atoms with van der Waals surface area (Å²) in [6.07, 6.45) is -4.50. The van der Waals surface area contributed by atoms with Gasteiger partial charge in [0, 0.05) is 18.2 Å². The number of carboxylic acid groups (broad SMARTS) is 1. The normalized spacial score (nSPS) is 15.4. The Kier molecular flexibility index (Phi) is 7.14. The van der Waals surface area contributed by atoms with E-state index < -0.39 is 38.7 Å². The molecule has 5 rings (SSSR count). The highest BCUT2D eigenvalue weighted by atomic mass is 35.5. The summed E-state index contributed by atoms with van der Waals surface area (Å²) in [5.74, 6) is -0.962. The summed E-state index contributed by atoms with van der Waals surface area (Å²) in [6.45, 7) is -0.344. The fourth-order valence-electron chi connectivity index (χ4n) is 4.05. The van der Waals surface area contributed by atoms with E-state index in [9.17, 15) is 26.4 Å². The number of aliphatic carboxylic acids is 1. The number of carboxylic acids is 1. The first-order valence-corrected chi connectivity index (χ1v) is 13.4. The van der Waals surface area contributed by atoms with Crippen LogP contribution in [-0.2, 0) is 21.0 Å². The van der Waals surface area contributed by atoms with Crippen LogP contribution in [0.15, 0.2) is 70.2 Å². The maximum absolute atomic E-state index is 13.7. The Morgan fingerprint density at radius 2 is 1.95 bits per heavy atom. The minimum atomic E-state index is -4.77. The van der Waals surface area contributed by atoms with Gasteiger partial charge in [-0.3, -0.25) is 9.10 Å². The molecule has 0 amide bonds. The predicted molar refractivity (Wildman–Crippen MR) is 135 cm³/mol. The predicted octanol–water partition coefficient (Wildman–Crippen LogP) is 5.29. The van der Waals surface area contributed by atoms with Crippen molar-refractivity contribution in [2.75, 3.05) is 10.8 Å². The molecule has 1 N–H and O–H groups in total. The first-order valence-electron chi connectivity index (χ1n) is 11.6. The van der Waals surface area contributed by atoms with Crippen molar-refractivity contribution < 1.29 is 40.8 Å². The highest BCUT2D eigenvalue weighted by Gasteiger charge is 2.37. The standard InChI is InChI=1S/C25H18ClF3N4O6S/c26-18-5-2-10-30-22(18)24-31-23(32-39-24)14-6-8-20-19(11-14)33(13-16(38-20)7-9-21(34)35)40(36,37)17-4-1-3-15(12-17)25(27,28)29/h1-6,8,10-12,16H,7,9,13H2,(H,34,35)/t16-/m0/s1. The zero-order chi connectivity index (χ0) is 28.7. The largest absolute Gasteiger partial charge is 0.486 e. The number of anilines is 1. The fraction of sp³-hybridized carbons (Fsp3) is 0.200. The number of ether oxygens (including phenoxy) is 1. The number of nitrogens with zero attached hydrogens (tertiary/aromatic N) is 4. The van der Waals surface area contributed by atoms with Crippen molar-refractivity contribution in [2.45, 2.75) is 30.0 Å². The second kappa shape index (κ2) is 10.4. The van der Waals surface area contributed by atoms with Gasteiger partial charge in [-0.05, 0) is 55.0 Å². The van der Waals surface area contributed by atoms with Gasteiger partial charge in [0.05, 0.1) is 27.7 Å². The molecule has 4 aromatic rings. The molecule has 2 aromatic carbocycles. The number of pyridine rings is 1. The number of fused-ring (bicyclic) bond motifs is 1. The summed E-state index contributed by atoms with van der Waals surface area (Å²) in [7, 11) is -4.56. The molecule has 0 saturated heterocycles. The highest BCUT2D eigenvalue weighted by molar-refractivity contribution is 7.92. The van der Waals surface area contributed by atoms with E-state index in [0.29, 0.717) is 11.6 Å². The van der Waals surface area contributed by atoms with Crippen LogP contribution in [0.1, 0.15) is 18.4 Å². The Hall–Kier alpha value is -4.17. The Morgan fingerprint density at radius 3 is 2.67 bits per heavy atom. The number of hydrogen-bond acceptors (Lipinski definition) is 8. The Morgan fingerprint density at radius 1 is 1.15 bits per heavy atom. The Balaban J connectivity index is 1.57. The lowest BCUT2D eigenvalue weighted by molar-refractivity contribution is -0.138. The van der Waals surface area contributed by atoms with E-state index in [1.54, 1.807) is 12.1 Å². The smallest absolute Gasteiger partial charge is 0.416 e. The average Bonchev–Trinajstić information content (AvgIpc) is 3.41. The number of hydrogen-bond donors (Lipinski definition) is 1. The summed E-state index contributed by atoms with van der Waals surface area (Å²) >= 11 is 6.15.